The number of carbonyl (C=O) groups is 2. The van der Waals surface area contributed by atoms with Crippen LogP contribution in [0, 0.1) is 11.3 Å². The van der Waals surface area contributed by atoms with Gasteiger partial charge in [0.05, 0.1) is 5.56 Å². The number of carbonyl (C=O) groups excluding carboxylic acids is 2. The van der Waals surface area contributed by atoms with Crippen LogP contribution in [0.5, 0.6) is 0 Å². The number of rotatable bonds is 8. The number of hydrogen-bond donors (Lipinski definition) is 3. The number of benzene rings is 2. The Morgan fingerprint density at radius 2 is 1.84 bits per heavy atom. The molecule has 8 heteroatoms. The molecule has 1 saturated carbocycles. The Morgan fingerprint density at radius 1 is 1.05 bits per heavy atom. The van der Waals surface area contributed by atoms with E-state index >= 15 is 0 Å². The second kappa shape index (κ2) is 12.4. The van der Waals surface area contributed by atoms with Crippen LogP contribution in [0.1, 0.15) is 36.8 Å². The lowest BCUT2D eigenvalue weighted by Crippen LogP contribution is -2.48. The van der Waals surface area contributed by atoms with Gasteiger partial charge in [-0.2, -0.15) is 5.26 Å². The molecule has 1 aliphatic carbocycles. The highest BCUT2D eigenvalue weighted by atomic mass is 16.2. The Kier molecular flexibility index (Phi) is 8.50. The standard InChI is InChI=1S/C29H30N6O2/c1-2-28(36)34-24-9-6-10-26(17-24)35(29(37)32-19-21-7-4-3-5-8-21)25-14-12-23(13-15-25)33-27-16-11-22(18-30)20-31-27/h2-11,16-17,20,23,25H,1,12-15,19H2,(H,31,33)(H,32,37)(H,34,36). The van der Waals surface area contributed by atoms with Crippen molar-refractivity contribution >= 4 is 29.1 Å². The van der Waals surface area contributed by atoms with E-state index in [-0.39, 0.29) is 24.0 Å². The van der Waals surface area contributed by atoms with E-state index in [0.29, 0.717) is 17.8 Å². The number of nitrogens with one attached hydrogen (secondary N) is 3. The summed E-state index contributed by atoms with van der Waals surface area (Å²) in [5.41, 5.74) is 2.87. The van der Waals surface area contributed by atoms with Gasteiger partial charge in [0, 0.05) is 36.2 Å². The zero-order valence-corrected chi connectivity index (χ0v) is 20.6. The van der Waals surface area contributed by atoms with E-state index in [0.717, 1.165) is 42.8 Å². The maximum Gasteiger partial charge on any atom is 0.322 e. The van der Waals surface area contributed by atoms with E-state index in [1.165, 1.54) is 6.08 Å². The highest BCUT2D eigenvalue weighted by molar-refractivity contribution is 6.00. The number of nitrogens with zero attached hydrogens (tertiary/aromatic N) is 3. The van der Waals surface area contributed by atoms with Crippen molar-refractivity contribution in [2.24, 2.45) is 0 Å². The van der Waals surface area contributed by atoms with Crippen molar-refractivity contribution in [2.75, 3.05) is 15.5 Å². The van der Waals surface area contributed by atoms with Gasteiger partial charge in [-0.1, -0.05) is 43.0 Å². The van der Waals surface area contributed by atoms with E-state index in [1.807, 2.05) is 59.5 Å². The third kappa shape index (κ3) is 6.95. The third-order valence-corrected chi connectivity index (χ3v) is 6.39. The first-order valence-corrected chi connectivity index (χ1v) is 12.3. The summed E-state index contributed by atoms with van der Waals surface area (Å²) in [6.45, 7) is 3.92. The largest absolute Gasteiger partial charge is 0.367 e. The molecular formula is C29H30N6O2. The molecule has 1 heterocycles. The van der Waals surface area contributed by atoms with Crippen LogP contribution in [0.25, 0.3) is 0 Å². The first kappa shape index (κ1) is 25.5. The highest BCUT2D eigenvalue weighted by Crippen LogP contribution is 2.30. The van der Waals surface area contributed by atoms with Gasteiger partial charge < -0.3 is 16.0 Å². The fourth-order valence-corrected chi connectivity index (χ4v) is 4.51. The number of pyridine rings is 1. The average molecular weight is 495 g/mol. The van der Waals surface area contributed by atoms with Crippen molar-refractivity contribution in [1.29, 1.82) is 5.26 Å². The second-order valence-electron chi connectivity index (χ2n) is 8.95. The van der Waals surface area contributed by atoms with Crippen LogP contribution in [0.2, 0.25) is 0 Å². The minimum Gasteiger partial charge on any atom is -0.367 e. The van der Waals surface area contributed by atoms with Crippen molar-refractivity contribution in [2.45, 2.75) is 44.3 Å². The third-order valence-electron chi connectivity index (χ3n) is 6.39. The maximum absolute atomic E-state index is 13.5. The Bertz CT molecular complexity index is 1260. The van der Waals surface area contributed by atoms with Crippen molar-refractivity contribution in [3.63, 3.8) is 0 Å². The molecule has 3 aromatic rings. The predicted octanol–water partition coefficient (Wildman–Crippen LogP) is 5.22. The van der Waals surface area contributed by atoms with Gasteiger partial charge in [-0.25, -0.2) is 9.78 Å². The lowest BCUT2D eigenvalue weighted by molar-refractivity contribution is -0.111. The molecule has 0 spiro atoms. The summed E-state index contributed by atoms with van der Waals surface area (Å²) in [5, 5.41) is 18.3. The van der Waals surface area contributed by atoms with Crippen molar-refractivity contribution < 1.29 is 9.59 Å². The molecule has 0 bridgehead atoms. The Balaban J connectivity index is 1.47. The lowest BCUT2D eigenvalue weighted by atomic mass is 9.90. The molecule has 37 heavy (non-hydrogen) atoms. The van der Waals surface area contributed by atoms with Gasteiger partial charge in [-0.05, 0) is 67.7 Å². The van der Waals surface area contributed by atoms with Crippen LogP contribution in [0.4, 0.5) is 22.0 Å². The van der Waals surface area contributed by atoms with Gasteiger partial charge in [0.15, 0.2) is 0 Å². The molecule has 188 valence electrons. The van der Waals surface area contributed by atoms with Crippen LogP contribution in [-0.2, 0) is 11.3 Å². The van der Waals surface area contributed by atoms with E-state index in [4.69, 9.17) is 5.26 Å². The van der Waals surface area contributed by atoms with Crippen molar-refractivity contribution in [3.8, 4) is 6.07 Å². The molecule has 2 aromatic carbocycles. The number of urea groups is 1. The minimum atomic E-state index is -0.305. The topological polar surface area (TPSA) is 110 Å². The molecule has 0 atom stereocenters. The minimum absolute atomic E-state index is 0.00639. The fourth-order valence-electron chi connectivity index (χ4n) is 4.51. The summed E-state index contributed by atoms with van der Waals surface area (Å²) < 4.78 is 0. The zero-order valence-electron chi connectivity index (χ0n) is 20.6. The van der Waals surface area contributed by atoms with Crippen LogP contribution < -0.4 is 20.9 Å². The van der Waals surface area contributed by atoms with Gasteiger partial charge in [0.2, 0.25) is 5.91 Å². The number of aromatic nitrogens is 1. The first-order valence-electron chi connectivity index (χ1n) is 12.3. The van der Waals surface area contributed by atoms with Gasteiger partial charge in [-0.15, -0.1) is 0 Å². The molecule has 0 radical (unpaired) electrons. The Labute approximate surface area is 217 Å². The molecule has 8 nitrogen and oxygen atoms in total. The van der Waals surface area contributed by atoms with Crippen molar-refractivity contribution in [3.05, 3.63) is 96.7 Å². The fraction of sp³-hybridized carbons (Fsp3) is 0.241. The van der Waals surface area contributed by atoms with E-state index < -0.39 is 0 Å². The molecule has 0 aliphatic heterocycles. The van der Waals surface area contributed by atoms with E-state index in [9.17, 15) is 9.59 Å². The molecule has 1 aliphatic rings. The monoisotopic (exact) mass is 494 g/mol. The SMILES string of the molecule is C=CC(=O)Nc1cccc(N(C(=O)NCc2ccccc2)C2CCC(Nc3ccc(C#N)cn3)CC2)c1. The van der Waals surface area contributed by atoms with Gasteiger partial charge in [-0.3, -0.25) is 9.69 Å². The summed E-state index contributed by atoms with van der Waals surface area (Å²) in [5.74, 6) is 0.436. The zero-order chi connectivity index (χ0) is 26.0. The number of amides is 3. The molecular weight excluding hydrogens is 464 g/mol. The molecule has 3 amide bonds. The van der Waals surface area contributed by atoms with Crippen LogP contribution in [0.3, 0.4) is 0 Å². The molecule has 1 aromatic heterocycles. The summed E-state index contributed by atoms with van der Waals surface area (Å²) in [4.78, 5) is 31.5. The first-order chi connectivity index (χ1) is 18.1. The molecule has 4 rings (SSSR count). The highest BCUT2D eigenvalue weighted by Gasteiger charge is 2.30. The average Bonchev–Trinajstić information content (AvgIpc) is 2.94. The van der Waals surface area contributed by atoms with Gasteiger partial charge >= 0.3 is 6.03 Å². The normalized spacial score (nSPS) is 16.6. The quantitative estimate of drug-likeness (QED) is 0.372. The second-order valence-corrected chi connectivity index (χ2v) is 8.95. The number of hydrogen-bond acceptors (Lipinski definition) is 5. The molecule has 1 fully saturated rings. The Morgan fingerprint density at radius 3 is 2.51 bits per heavy atom. The van der Waals surface area contributed by atoms with Gasteiger partial charge in [0.1, 0.15) is 11.9 Å². The predicted molar refractivity (Wildman–Crippen MR) is 145 cm³/mol. The molecule has 0 unspecified atom stereocenters. The van der Waals surface area contributed by atoms with Crippen LogP contribution >= 0.6 is 0 Å². The summed E-state index contributed by atoms with van der Waals surface area (Å²) in [6, 6.07) is 22.8. The molecule has 3 N–H and O–H groups in total. The summed E-state index contributed by atoms with van der Waals surface area (Å²) >= 11 is 0. The Hall–Kier alpha value is -4.64. The van der Waals surface area contributed by atoms with Gasteiger partial charge in [0.25, 0.3) is 0 Å². The lowest BCUT2D eigenvalue weighted by Gasteiger charge is -2.37. The summed E-state index contributed by atoms with van der Waals surface area (Å²) in [7, 11) is 0. The van der Waals surface area contributed by atoms with Crippen molar-refractivity contribution in [1.82, 2.24) is 10.3 Å². The maximum atomic E-state index is 13.5. The summed E-state index contributed by atoms with van der Waals surface area (Å²) in [6.07, 6.45) is 6.11. The van der Waals surface area contributed by atoms with E-state index in [2.05, 4.69) is 33.6 Å². The smallest absolute Gasteiger partial charge is 0.322 e. The van der Waals surface area contributed by atoms with Crippen LogP contribution in [0.15, 0.2) is 85.6 Å². The van der Waals surface area contributed by atoms with Crippen LogP contribution in [-0.4, -0.2) is 29.0 Å². The number of anilines is 3. The molecule has 0 saturated heterocycles. The van der Waals surface area contributed by atoms with E-state index in [1.54, 1.807) is 18.3 Å². The number of nitriles is 1.